The van der Waals surface area contributed by atoms with E-state index in [0.29, 0.717) is 35.5 Å². The van der Waals surface area contributed by atoms with Crippen molar-refractivity contribution >= 4 is 67.6 Å². The Bertz CT molecular complexity index is 1230. The van der Waals surface area contributed by atoms with Gasteiger partial charge in [-0.15, -0.1) is 0 Å². The van der Waals surface area contributed by atoms with Crippen LogP contribution in [0.5, 0.6) is 5.75 Å². The van der Waals surface area contributed by atoms with Gasteiger partial charge in [-0.1, -0.05) is 41.1 Å². The standard InChI is InChI=1S/C27H27BrIN3O4/c1-17(6-2-5-9-25(34)32-23-8-4-3-7-22(23)30)26(21-16-19(29)12-15-24(21)33)36-27(35)31-20-13-10-18(28)11-14-20/h3-5,7-17,26,33H,2,6,30H2,1H3,(H,31,35)(H,32,34)/b9-5+/t17-,26+/m0/s1. The Balaban J connectivity index is 1.65. The number of phenols is 1. The number of carbonyl (C=O) groups excluding carboxylic acids is 2. The molecule has 3 aromatic carbocycles. The summed E-state index contributed by atoms with van der Waals surface area (Å²) >= 11 is 5.52. The first-order chi connectivity index (χ1) is 17.2. The minimum absolute atomic E-state index is 0.0547. The first-order valence-corrected chi connectivity index (χ1v) is 13.1. The maximum Gasteiger partial charge on any atom is 0.412 e. The van der Waals surface area contributed by atoms with Crippen LogP contribution in [0.4, 0.5) is 21.9 Å². The van der Waals surface area contributed by atoms with Crippen LogP contribution in [-0.4, -0.2) is 17.1 Å². The van der Waals surface area contributed by atoms with E-state index >= 15 is 0 Å². The van der Waals surface area contributed by atoms with Gasteiger partial charge in [-0.05, 0) is 102 Å². The molecule has 0 saturated heterocycles. The minimum Gasteiger partial charge on any atom is -0.508 e. The van der Waals surface area contributed by atoms with Crippen molar-refractivity contribution in [1.29, 1.82) is 0 Å². The summed E-state index contributed by atoms with van der Waals surface area (Å²) in [6.07, 6.45) is 3.08. The number of anilines is 3. The second-order valence-electron chi connectivity index (χ2n) is 8.19. The summed E-state index contributed by atoms with van der Waals surface area (Å²) in [5.41, 5.74) is 8.03. The summed E-state index contributed by atoms with van der Waals surface area (Å²) in [7, 11) is 0. The van der Waals surface area contributed by atoms with Crippen LogP contribution in [0.15, 0.2) is 83.4 Å². The van der Waals surface area contributed by atoms with Crippen LogP contribution in [-0.2, 0) is 9.53 Å². The van der Waals surface area contributed by atoms with E-state index in [2.05, 4.69) is 49.2 Å². The van der Waals surface area contributed by atoms with E-state index in [4.69, 9.17) is 10.5 Å². The summed E-state index contributed by atoms with van der Waals surface area (Å²) in [5.74, 6) is -0.376. The van der Waals surface area contributed by atoms with Crippen LogP contribution in [0.1, 0.15) is 31.4 Å². The number of nitrogens with two attached hydrogens (primary N) is 1. The van der Waals surface area contributed by atoms with E-state index in [1.807, 2.05) is 19.1 Å². The zero-order valence-corrected chi connectivity index (χ0v) is 23.3. The highest BCUT2D eigenvalue weighted by Gasteiger charge is 2.26. The molecule has 3 rings (SSSR count). The molecule has 0 saturated carbocycles. The number of amides is 2. The molecule has 0 aliphatic rings. The maximum absolute atomic E-state index is 12.7. The van der Waals surface area contributed by atoms with E-state index in [9.17, 15) is 14.7 Å². The lowest BCUT2D eigenvalue weighted by molar-refractivity contribution is -0.111. The number of benzene rings is 3. The first kappa shape index (κ1) is 27.5. The topological polar surface area (TPSA) is 114 Å². The van der Waals surface area contributed by atoms with Crippen molar-refractivity contribution in [3.8, 4) is 5.75 Å². The minimum atomic E-state index is -0.693. The lowest BCUT2D eigenvalue weighted by atomic mass is 9.92. The van der Waals surface area contributed by atoms with Gasteiger partial charge in [0.1, 0.15) is 11.9 Å². The molecule has 5 N–H and O–H groups in total. The SMILES string of the molecule is C[C@@H](CC/C=C/C(=O)Nc1ccccc1N)[C@@H](OC(=O)Nc1ccc(Br)cc1)c1cc(I)ccc1O. The van der Waals surface area contributed by atoms with Crippen molar-refractivity contribution in [2.75, 3.05) is 16.4 Å². The normalized spacial score (nSPS) is 12.6. The maximum atomic E-state index is 12.7. The number of allylic oxidation sites excluding steroid dienone is 1. The smallest absolute Gasteiger partial charge is 0.412 e. The number of phenolic OH excluding ortho intramolecular Hbond substituents is 1. The van der Waals surface area contributed by atoms with Crippen molar-refractivity contribution in [3.63, 3.8) is 0 Å². The molecule has 2 amide bonds. The third-order valence-electron chi connectivity index (χ3n) is 5.41. The van der Waals surface area contributed by atoms with E-state index in [1.165, 1.54) is 6.08 Å². The second kappa shape index (κ2) is 13.3. The number of para-hydroxylation sites is 2. The van der Waals surface area contributed by atoms with Crippen molar-refractivity contribution < 1.29 is 19.4 Å². The van der Waals surface area contributed by atoms with Gasteiger partial charge >= 0.3 is 6.09 Å². The number of aromatic hydroxyl groups is 1. The molecule has 0 heterocycles. The fourth-order valence-corrected chi connectivity index (χ4v) is 4.30. The van der Waals surface area contributed by atoms with Crippen molar-refractivity contribution in [2.24, 2.45) is 5.92 Å². The number of nitrogens with one attached hydrogen (secondary N) is 2. The van der Waals surface area contributed by atoms with Gasteiger partial charge in [0.25, 0.3) is 0 Å². The Morgan fingerprint density at radius 1 is 1.11 bits per heavy atom. The number of hydrogen-bond acceptors (Lipinski definition) is 5. The van der Waals surface area contributed by atoms with Crippen molar-refractivity contribution in [3.05, 3.63) is 92.5 Å². The summed E-state index contributed by atoms with van der Waals surface area (Å²) < 4.78 is 7.60. The molecule has 0 aliphatic carbocycles. The van der Waals surface area contributed by atoms with E-state index in [0.717, 1.165) is 8.04 Å². The fourth-order valence-electron chi connectivity index (χ4n) is 3.52. The Morgan fingerprint density at radius 3 is 2.56 bits per heavy atom. The van der Waals surface area contributed by atoms with Gasteiger partial charge in [-0.25, -0.2) is 4.79 Å². The van der Waals surface area contributed by atoms with E-state index < -0.39 is 12.2 Å². The Morgan fingerprint density at radius 2 is 1.83 bits per heavy atom. The molecule has 0 bridgehead atoms. The average molecular weight is 664 g/mol. The van der Waals surface area contributed by atoms with Gasteiger partial charge in [0.05, 0.1) is 11.4 Å². The molecule has 0 fully saturated rings. The average Bonchev–Trinajstić information content (AvgIpc) is 2.85. The molecule has 0 spiro atoms. The predicted molar refractivity (Wildman–Crippen MR) is 155 cm³/mol. The molecule has 7 nitrogen and oxygen atoms in total. The van der Waals surface area contributed by atoms with Crippen molar-refractivity contribution in [2.45, 2.75) is 25.9 Å². The number of rotatable bonds is 9. The molecule has 0 aliphatic heterocycles. The van der Waals surface area contributed by atoms with Crippen molar-refractivity contribution in [1.82, 2.24) is 0 Å². The Kier molecular flexibility index (Phi) is 10.2. The monoisotopic (exact) mass is 663 g/mol. The number of ether oxygens (including phenoxy) is 1. The molecule has 0 radical (unpaired) electrons. The Labute approximate surface area is 232 Å². The Hall–Kier alpha value is -3.05. The van der Waals surface area contributed by atoms with Gasteiger partial charge in [-0.2, -0.15) is 0 Å². The zero-order valence-electron chi connectivity index (χ0n) is 19.6. The summed E-state index contributed by atoms with van der Waals surface area (Å²) in [4.78, 5) is 24.9. The zero-order chi connectivity index (χ0) is 26.1. The highest BCUT2D eigenvalue weighted by atomic mass is 127. The number of hydrogen-bond donors (Lipinski definition) is 4. The predicted octanol–water partition coefficient (Wildman–Crippen LogP) is 7.24. The molecule has 188 valence electrons. The summed E-state index contributed by atoms with van der Waals surface area (Å²) in [6.45, 7) is 1.94. The molecular weight excluding hydrogens is 637 g/mol. The highest BCUT2D eigenvalue weighted by Crippen LogP contribution is 2.36. The molecule has 36 heavy (non-hydrogen) atoms. The molecule has 2 atom stereocenters. The molecule has 3 aromatic rings. The third kappa shape index (κ3) is 8.27. The largest absolute Gasteiger partial charge is 0.508 e. The van der Waals surface area contributed by atoms with Crippen LogP contribution < -0.4 is 16.4 Å². The number of carbonyl (C=O) groups is 2. The van der Waals surface area contributed by atoms with Gasteiger partial charge in [0.2, 0.25) is 5.91 Å². The quantitative estimate of drug-likeness (QED) is 0.109. The second-order valence-corrected chi connectivity index (χ2v) is 10.4. The summed E-state index contributed by atoms with van der Waals surface area (Å²) in [5, 5.41) is 16.0. The highest BCUT2D eigenvalue weighted by molar-refractivity contribution is 14.1. The van der Waals surface area contributed by atoms with Crippen LogP contribution >= 0.6 is 38.5 Å². The number of halogens is 2. The van der Waals surface area contributed by atoms with E-state index in [-0.39, 0.29) is 17.6 Å². The van der Waals surface area contributed by atoms with E-state index in [1.54, 1.807) is 60.7 Å². The summed E-state index contributed by atoms with van der Waals surface area (Å²) in [6, 6.07) is 19.4. The molecule has 0 aromatic heterocycles. The number of nitrogen functional groups attached to an aromatic ring is 1. The van der Waals surface area contributed by atoms with Gasteiger partial charge in [0.15, 0.2) is 0 Å². The van der Waals surface area contributed by atoms with Crippen LogP contribution in [0.2, 0.25) is 0 Å². The van der Waals surface area contributed by atoms with Crippen LogP contribution in [0.3, 0.4) is 0 Å². The third-order valence-corrected chi connectivity index (χ3v) is 6.61. The molecular formula is C27H27BrIN3O4. The molecule has 0 unspecified atom stereocenters. The first-order valence-electron chi connectivity index (χ1n) is 11.3. The lowest BCUT2D eigenvalue weighted by Crippen LogP contribution is -2.22. The van der Waals surface area contributed by atoms with Gasteiger partial charge < -0.3 is 20.9 Å². The fraction of sp³-hybridized carbons (Fsp3) is 0.185. The van der Waals surface area contributed by atoms with Gasteiger partial charge in [-0.3, -0.25) is 10.1 Å². The lowest BCUT2D eigenvalue weighted by Gasteiger charge is -2.25. The molecule has 9 heteroatoms. The van der Waals surface area contributed by atoms with Crippen LogP contribution in [0, 0.1) is 9.49 Å². The van der Waals surface area contributed by atoms with Gasteiger partial charge in [0, 0.05) is 19.3 Å². The van der Waals surface area contributed by atoms with Crippen LogP contribution in [0.25, 0.3) is 0 Å².